The Hall–Kier alpha value is -1.77. The van der Waals surface area contributed by atoms with Crippen LogP contribution in [0.15, 0.2) is 16.2 Å². The Bertz CT molecular complexity index is 941. The molecular weight excluding hydrogens is 326 g/mol. The maximum atomic E-state index is 12.4. The standard InChI is InChI=1S/C16H21N5O2S/c1-10(22)11-4-3-6-20(8-11)9-13-17-18-16-19(2)15(23)14-12(21(13)16)5-7-24-14/h5,7,10-11,22H,3-4,6,8-9H2,1-2H3. The van der Waals surface area contributed by atoms with Crippen LogP contribution in [0, 0.1) is 5.92 Å². The van der Waals surface area contributed by atoms with Gasteiger partial charge in [0.05, 0.1) is 18.2 Å². The fourth-order valence-corrected chi connectivity index (χ4v) is 4.43. The number of aryl methyl sites for hydroxylation is 1. The molecule has 1 N–H and O–H groups in total. The van der Waals surface area contributed by atoms with Gasteiger partial charge in [-0.3, -0.25) is 18.7 Å². The van der Waals surface area contributed by atoms with Crippen LogP contribution in [0.25, 0.3) is 16.0 Å². The van der Waals surface area contributed by atoms with Gasteiger partial charge in [0, 0.05) is 13.6 Å². The van der Waals surface area contributed by atoms with Gasteiger partial charge >= 0.3 is 0 Å². The lowest BCUT2D eigenvalue weighted by molar-refractivity contribution is 0.0588. The Balaban J connectivity index is 1.74. The second-order valence-corrected chi connectivity index (χ2v) is 7.54. The lowest BCUT2D eigenvalue weighted by Crippen LogP contribution is -2.39. The van der Waals surface area contributed by atoms with Crippen LogP contribution in [-0.4, -0.2) is 48.4 Å². The van der Waals surface area contributed by atoms with Crippen molar-refractivity contribution >= 4 is 27.3 Å². The molecule has 0 spiro atoms. The summed E-state index contributed by atoms with van der Waals surface area (Å²) in [5, 5.41) is 20.4. The van der Waals surface area contributed by atoms with E-state index in [9.17, 15) is 9.90 Å². The molecule has 4 rings (SSSR count). The van der Waals surface area contributed by atoms with Crippen molar-refractivity contribution in [3.63, 3.8) is 0 Å². The van der Waals surface area contributed by atoms with E-state index in [1.165, 1.54) is 11.3 Å². The van der Waals surface area contributed by atoms with Crippen molar-refractivity contribution in [1.29, 1.82) is 0 Å². The molecule has 0 aliphatic carbocycles. The molecule has 8 heteroatoms. The van der Waals surface area contributed by atoms with Gasteiger partial charge in [-0.25, -0.2) is 0 Å². The van der Waals surface area contributed by atoms with Crippen LogP contribution in [-0.2, 0) is 13.6 Å². The van der Waals surface area contributed by atoms with Crippen molar-refractivity contribution in [2.45, 2.75) is 32.4 Å². The van der Waals surface area contributed by atoms with Crippen molar-refractivity contribution in [2.24, 2.45) is 13.0 Å². The van der Waals surface area contributed by atoms with E-state index < -0.39 is 0 Å². The third-order valence-corrected chi connectivity index (χ3v) is 5.88. The average Bonchev–Trinajstić information content (AvgIpc) is 3.19. The number of thiophene rings is 1. The van der Waals surface area contributed by atoms with Gasteiger partial charge in [0.2, 0.25) is 5.78 Å². The molecular formula is C16H21N5O2S. The third-order valence-electron chi connectivity index (χ3n) is 4.99. The number of aromatic nitrogens is 4. The minimum Gasteiger partial charge on any atom is -0.393 e. The van der Waals surface area contributed by atoms with Gasteiger partial charge in [-0.1, -0.05) is 0 Å². The van der Waals surface area contributed by atoms with Gasteiger partial charge in [0.25, 0.3) is 5.56 Å². The SMILES string of the molecule is CC(O)C1CCCN(Cc2nnc3n(C)c(=O)c4sccc4n23)C1. The predicted molar refractivity (Wildman–Crippen MR) is 93.3 cm³/mol. The molecule has 1 saturated heterocycles. The molecule has 1 aliphatic heterocycles. The second-order valence-electron chi connectivity index (χ2n) is 6.63. The summed E-state index contributed by atoms with van der Waals surface area (Å²) in [6.07, 6.45) is 1.86. The summed E-state index contributed by atoms with van der Waals surface area (Å²) in [6.45, 7) is 4.40. The van der Waals surface area contributed by atoms with Gasteiger partial charge in [-0.05, 0) is 43.7 Å². The molecule has 7 nitrogen and oxygen atoms in total. The van der Waals surface area contributed by atoms with Gasteiger partial charge < -0.3 is 5.11 Å². The number of fused-ring (bicyclic) bond motifs is 3. The monoisotopic (exact) mass is 347 g/mol. The Morgan fingerprint density at radius 1 is 1.46 bits per heavy atom. The molecule has 0 radical (unpaired) electrons. The van der Waals surface area contributed by atoms with Crippen LogP contribution in [0.3, 0.4) is 0 Å². The highest BCUT2D eigenvalue weighted by Crippen LogP contribution is 2.23. The van der Waals surface area contributed by atoms with E-state index in [2.05, 4.69) is 15.1 Å². The van der Waals surface area contributed by atoms with E-state index in [1.54, 1.807) is 11.6 Å². The van der Waals surface area contributed by atoms with Gasteiger partial charge in [-0.15, -0.1) is 21.5 Å². The molecule has 1 aliphatic rings. The van der Waals surface area contributed by atoms with E-state index in [0.717, 1.165) is 42.0 Å². The minimum atomic E-state index is -0.285. The summed E-state index contributed by atoms with van der Waals surface area (Å²) >= 11 is 1.45. The number of hydrogen-bond donors (Lipinski definition) is 1. The molecule has 1 fully saturated rings. The molecule has 2 unspecified atom stereocenters. The molecule has 2 atom stereocenters. The first-order valence-electron chi connectivity index (χ1n) is 8.27. The zero-order valence-corrected chi connectivity index (χ0v) is 14.7. The molecule has 3 aromatic heterocycles. The number of likely N-dealkylation sites (tertiary alicyclic amines) is 1. The van der Waals surface area contributed by atoms with Crippen LogP contribution < -0.4 is 5.56 Å². The molecule has 3 aromatic rings. The summed E-state index contributed by atoms with van der Waals surface area (Å²) < 4.78 is 4.27. The topological polar surface area (TPSA) is 75.7 Å². The summed E-state index contributed by atoms with van der Waals surface area (Å²) in [5.74, 6) is 1.73. The van der Waals surface area contributed by atoms with E-state index in [1.807, 2.05) is 22.8 Å². The number of hydrogen-bond acceptors (Lipinski definition) is 6. The largest absolute Gasteiger partial charge is 0.393 e. The molecule has 128 valence electrons. The first-order chi connectivity index (χ1) is 11.6. The maximum absolute atomic E-state index is 12.4. The number of rotatable bonds is 3. The normalized spacial score (nSPS) is 20.9. The third kappa shape index (κ3) is 2.45. The maximum Gasteiger partial charge on any atom is 0.272 e. The molecule has 4 heterocycles. The van der Waals surface area contributed by atoms with E-state index in [4.69, 9.17) is 0 Å². The van der Waals surface area contributed by atoms with Crippen LogP contribution >= 0.6 is 11.3 Å². The fourth-order valence-electron chi connectivity index (χ4n) is 3.58. The second kappa shape index (κ2) is 5.94. The summed E-state index contributed by atoms with van der Waals surface area (Å²) in [7, 11) is 1.74. The Labute approximate surface area is 143 Å². The van der Waals surface area contributed by atoms with Crippen molar-refractivity contribution in [2.75, 3.05) is 13.1 Å². The number of aliphatic hydroxyl groups excluding tert-OH is 1. The Morgan fingerprint density at radius 3 is 3.08 bits per heavy atom. The molecule has 0 bridgehead atoms. The first kappa shape index (κ1) is 15.7. The Kier molecular flexibility index (Phi) is 3.90. The smallest absolute Gasteiger partial charge is 0.272 e. The fraction of sp³-hybridized carbons (Fsp3) is 0.562. The van der Waals surface area contributed by atoms with E-state index >= 15 is 0 Å². The summed E-state index contributed by atoms with van der Waals surface area (Å²) in [6, 6.07) is 1.95. The van der Waals surface area contributed by atoms with Crippen molar-refractivity contribution in [3.05, 3.63) is 27.6 Å². The van der Waals surface area contributed by atoms with Crippen LogP contribution in [0.5, 0.6) is 0 Å². The first-order valence-corrected chi connectivity index (χ1v) is 9.15. The zero-order chi connectivity index (χ0) is 16.8. The van der Waals surface area contributed by atoms with Gasteiger partial charge in [0.15, 0.2) is 5.82 Å². The number of nitrogens with zero attached hydrogens (tertiary/aromatic N) is 5. The highest BCUT2D eigenvalue weighted by Gasteiger charge is 2.25. The highest BCUT2D eigenvalue weighted by atomic mass is 32.1. The number of aliphatic hydroxyl groups is 1. The summed E-state index contributed by atoms with van der Waals surface area (Å²) in [5.41, 5.74) is 0.848. The lowest BCUT2D eigenvalue weighted by Gasteiger charge is -2.33. The molecule has 0 amide bonds. The van der Waals surface area contributed by atoms with Crippen molar-refractivity contribution in [3.8, 4) is 0 Å². The molecule has 24 heavy (non-hydrogen) atoms. The summed E-state index contributed by atoms with van der Waals surface area (Å²) in [4.78, 5) is 14.7. The molecule has 0 saturated carbocycles. The highest BCUT2D eigenvalue weighted by molar-refractivity contribution is 7.17. The van der Waals surface area contributed by atoms with Crippen molar-refractivity contribution < 1.29 is 5.11 Å². The minimum absolute atomic E-state index is 0.0291. The van der Waals surface area contributed by atoms with Crippen LogP contribution in [0.2, 0.25) is 0 Å². The molecule has 0 aromatic carbocycles. The Morgan fingerprint density at radius 2 is 2.29 bits per heavy atom. The number of piperidine rings is 1. The quantitative estimate of drug-likeness (QED) is 0.771. The van der Waals surface area contributed by atoms with Crippen LogP contribution in [0.4, 0.5) is 0 Å². The van der Waals surface area contributed by atoms with Crippen molar-refractivity contribution in [1.82, 2.24) is 24.1 Å². The van der Waals surface area contributed by atoms with Gasteiger partial charge in [-0.2, -0.15) is 0 Å². The lowest BCUT2D eigenvalue weighted by atomic mass is 9.93. The zero-order valence-electron chi connectivity index (χ0n) is 13.8. The van der Waals surface area contributed by atoms with Gasteiger partial charge in [0.1, 0.15) is 4.70 Å². The average molecular weight is 347 g/mol. The van der Waals surface area contributed by atoms with E-state index in [-0.39, 0.29) is 11.7 Å². The predicted octanol–water partition coefficient (Wildman–Crippen LogP) is 1.24. The van der Waals surface area contributed by atoms with E-state index in [0.29, 0.717) is 18.2 Å². The van der Waals surface area contributed by atoms with Crippen LogP contribution in [0.1, 0.15) is 25.6 Å².